The van der Waals surface area contributed by atoms with Crippen molar-refractivity contribution in [3.05, 3.63) is 12.2 Å². The van der Waals surface area contributed by atoms with Crippen LogP contribution in [0.4, 0.5) is 0 Å². The lowest BCUT2D eigenvalue weighted by atomic mass is 9.84. The molecule has 1 N–H and O–H groups in total. The number of hydrogen-bond acceptors (Lipinski definition) is 3. The van der Waals surface area contributed by atoms with Crippen LogP contribution >= 0.6 is 0 Å². The summed E-state index contributed by atoms with van der Waals surface area (Å²) in [5, 5.41) is 9.77. The zero-order chi connectivity index (χ0) is 10.3. The van der Waals surface area contributed by atoms with E-state index >= 15 is 0 Å². The molecule has 1 saturated carbocycles. The minimum atomic E-state index is -0.428. The number of aliphatic hydroxyl groups is 1. The summed E-state index contributed by atoms with van der Waals surface area (Å²) in [6.45, 7) is 5.72. The first kappa shape index (κ1) is 9.71. The Balaban J connectivity index is 2.25. The number of carbonyl (C=O) groups is 1. The molecule has 3 nitrogen and oxygen atoms in total. The molecule has 1 aliphatic carbocycles. The summed E-state index contributed by atoms with van der Waals surface area (Å²) < 4.78 is 5.40. The van der Waals surface area contributed by atoms with E-state index in [4.69, 9.17) is 4.74 Å². The number of aliphatic hydroxyl groups excluding tert-OH is 1. The number of rotatable bonds is 1. The van der Waals surface area contributed by atoms with E-state index in [2.05, 4.69) is 6.58 Å². The normalized spacial score (nSPS) is 42.1. The highest BCUT2D eigenvalue weighted by Crippen LogP contribution is 2.48. The SMILES string of the molecule is C=C1CC2(CCC(O)C2CC)OC1=O. The van der Waals surface area contributed by atoms with Crippen molar-refractivity contribution in [2.24, 2.45) is 5.92 Å². The van der Waals surface area contributed by atoms with Gasteiger partial charge in [-0.2, -0.15) is 0 Å². The van der Waals surface area contributed by atoms with Gasteiger partial charge in [0.2, 0.25) is 0 Å². The van der Waals surface area contributed by atoms with E-state index in [1.807, 2.05) is 6.92 Å². The molecule has 1 aliphatic heterocycles. The lowest BCUT2D eigenvalue weighted by Gasteiger charge is -2.29. The van der Waals surface area contributed by atoms with Crippen LogP contribution in [0.25, 0.3) is 0 Å². The zero-order valence-electron chi connectivity index (χ0n) is 8.45. The Labute approximate surface area is 83.8 Å². The molecule has 3 heteroatoms. The topological polar surface area (TPSA) is 46.5 Å². The van der Waals surface area contributed by atoms with Crippen LogP contribution in [0.15, 0.2) is 12.2 Å². The van der Waals surface area contributed by atoms with Crippen molar-refractivity contribution < 1.29 is 14.6 Å². The molecule has 2 aliphatic rings. The van der Waals surface area contributed by atoms with Gasteiger partial charge in [0.25, 0.3) is 0 Å². The standard InChI is InChI=1S/C11H16O3/c1-3-8-9(12)4-5-11(8)6-7(2)10(13)14-11/h8-9,12H,2-6H2,1H3. The van der Waals surface area contributed by atoms with E-state index in [-0.39, 0.29) is 18.0 Å². The van der Waals surface area contributed by atoms with Gasteiger partial charge in [0.15, 0.2) is 0 Å². The minimum Gasteiger partial charge on any atom is -0.455 e. The summed E-state index contributed by atoms with van der Waals surface area (Å²) in [7, 11) is 0. The second-order valence-corrected chi connectivity index (χ2v) is 4.36. The molecule has 0 aromatic carbocycles. The predicted octanol–water partition coefficient (Wildman–Crippen LogP) is 1.41. The van der Waals surface area contributed by atoms with Crippen molar-refractivity contribution >= 4 is 5.97 Å². The van der Waals surface area contributed by atoms with Crippen molar-refractivity contribution in [3.8, 4) is 0 Å². The van der Waals surface area contributed by atoms with Crippen LogP contribution < -0.4 is 0 Å². The summed E-state index contributed by atoms with van der Waals surface area (Å²) >= 11 is 0. The zero-order valence-corrected chi connectivity index (χ0v) is 8.45. The van der Waals surface area contributed by atoms with Gasteiger partial charge in [-0.1, -0.05) is 13.5 Å². The lowest BCUT2D eigenvalue weighted by molar-refractivity contribution is -0.151. The highest BCUT2D eigenvalue weighted by Gasteiger charge is 2.54. The Morgan fingerprint density at radius 3 is 2.93 bits per heavy atom. The van der Waals surface area contributed by atoms with Crippen LogP contribution in [0.5, 0.6) is 0 Å². The van der Waals surface area contributed by atoms with Crippen molar-refractivity contribution in [2.45, 2.75) is 44.3 Å². The average molecular weight is 196 g/mol. The molecule has 1 heterocycles. The maximum absolute atomic E-state index is 11.3. The smallest absolute Gasteiger partial charge is 0.334 e. The number of ether oxygens (including phenoxy) is 1. The van der Waals surface area contributed by atoms with E-state index in [9.17, 15) is 9.90 Å². The van der Waals surface area contributed by atoms with Gasteiger partial charge in [-0.15, -0.1) is 0 Å². The predicted molar refractivity (Wildman–Crippen MR) is 51.6 cm³/mol. The van der Waals surface area contributed by atoms with Crippen LogP contribution in [0.2, 0.25) is 0 Å². The summed E-state index contributed by atoms with van der Waals surface area (Å²) in [6.07, 6.45) is 2.64. The summed E-state index contributed by atoms with van der Waals surface area (Å²) in [4.78, 5) is 11.3. The highest BCUT2D eigenvalue weighted by molar-refractivity contribution is 5.90. The number of carbonyl (C=O) groups excluding carboxylic acids is 1. The third-order valence-corrected chi connectivity index (χ3v) is 3.54. The van der Waals surface area contributed by atoms with Gasteiger partial charge in [0.05, 0.1) is 6.10 Å². The second kappa shape index (κ2) is 3.09. The van der Waals surface area contributed by atoms with Gasteiger partial charge < -0.3 is 9.84 Å². The Hall–Kier alpha value is -0.830. The average Bonchev–Trinajstić information content (AvgIpc) is 2.57. The lowest BCUT2D eigenvalue weighted by Crippen LogP contribution is -2.36. The number of hydrogen-bond donors (Lipinski definition) is 1. The van der Waals surface area contributed by atoms with E-state index in [1.165, 1.54) is 0 Å². The maximum Gasteiger partial charge on any atom is 0.334 e. The van der Waals surface area contributed by atoms with Gasteiger partial charge in [-0.25, -0.2) is 4.79 Å². The fourth-order valence-electron chi connectivity index (χ4n) is 2.85. The molecule has 78 valence electrons. The first-order valence-corrected chi connectivity index (χ1v) is 5.18. The Bertz CT molecular complexity index is 266. The molecular weight excluding hydrogens is 180 g/mol. The Kier molecular flexibility index (Phi) is 2.14. The second-order valence-electron chi connectivity index (χ2n) is 4.36. The molecule has 2 fully saturated rings. The van der Waals surface area contributed by atoms with Crippen molar-refractivity contribution in [2.75, 3.05) is 0 Å². The summed E-state index contributed by atoms with van der Waals surface area (Å²) in [5.41, 5.74) is 0.125. The molecule has 1 spiro atoms. The van der Waals surface area contributed by atoms with Gasteiger partial charge in [-0.05, 0) is 19.3 Å². The monoisotopic (exact) mass is 196 g/mol. The first-order valence-electron chi connectivity index (χ1n) is 5.18. The van der Waals surface area contributed by atoms with Crippen molar-refractivity contribution in [1.82, 2.24) is 0 Å². The molecule has 3 atom stereocenters. The minimum absolute atomic E-state index is 0.0886. The number of esters is 1. The first-order chi connectivity index (χ1) is 6.59. The quantitative estimate of drug-likeness (QED) is 0.509. The van der Waals surface area contributed by atoms with Gasteiger partial charge in [-0.3, -0.25) is 0 Å². The van der Waals surface area contributed by atoms with E-state index in [0.29, 0.717) is 12.0 Å². The third-order valence-electron chi connectivity index (χ3n) is 3.54. The van der Waals surface area contributed by atoms with Crippen molar-refractivity contribution in [1.29, 1.82) is 0 Å². The molecular formula is C11H16O3. The largest absolute Gasteiger partial charge is 0.455 e. The Morgan fingerprint density at radius 1 is 1.71 bits per heavy atom. The molecule has 0 radical (unpaired) electrons. The Morgan fingerprint density at radius 2 is 2.43 bits per heavy atom. The maximum atomic E-state index is 11.3. The molecule has 0 amide bonds. The van der Waals surface area contributed by atoms with Crippen LogP contribution in [0.1, 0.15) is 32.6 Å². The van der Waals surface area contributed by atoms with Crippen LogP contribution in [0, 0.1) is 5.92 Å². The highest BCUT2D eigenvalue weighted by atomic mass is 16.6. The molecule has 0 aromatic rings. The summed E-state index contributed by atoms with van der Waals surface area (Å²) in [5.74, 6) is -0.191. The van der Waals surface area contributed by atoms with E-state index in [1.54, 1.807) is 0 Å². The fraction of sp³-hybridized carbons (Fsp3) is 0.727. The van der Waals surface area contributed by atoms with E-state index < -0.39 is 5.60 Å². The third kappa shape index (κ3) is 1.19. The van der Waals surface area contributed by atoms with Gasteiger partial charge in [0, 0.05) is 17.9 Å². The van der Waals surface area contributed by atoms with Crippen LogP contribution in [0.3, 0.4) is 0 Å². The molecule has 0 aromatic heterocycles. The molecule has 2 rings (SSSR count). The molecule has 1 saturated heterocycles. The van der Waals surface area contributed by atoms with E-state index in [0.717, 1.165) is 19.3 Å². The molecule has 3 unspecified atom stereocenters. The molecule has 14 heavy (non-hydrogen) atoms. The van der Waals surface area contributed by atoms with Crippen LogP contribution in [-0.2, 0) is 9.53 Å². The van der Waals surface area contributed by atoms with Gasteiger partial charge in [0.1, 0.15) is 5.60 Å². The fourth-order valence-corrected chi connectivity index (χ4v) is 2.85. The van der Waals surface area contributed by atoms with Crippen LogP contribution in [-0.4, -0.2) is 22.8 Å². The molecule has 0 bridgehead atoms. The van der Waals surface area contributed by atoms with Gasteiger partial charge >= 0.3 is 5.97 Å². The summed E-state index contributed by atoms with van der Waals surface area (Å²) in [6, 6.07) is 0. The van der Waals surface area contributed by atoms with Crippen molar-refractivity contribution in [3.63, 3.8) is 0 Å².